The van der Waals surface area contributed by atoms with Gasteiger partial charge < -0.3 is 5.32 Å². The zero-order chi connectivity index (χ0) is 13.5. The summed E-state index contributed by atoms with van der Waals surface area (Å²) >= 11 is 5.52. The molecule has 0 amide bonds. The van der Waals surface area contributed by atoms with Crippen molar-refractivity contribution in [1.29, 1.82) is 0 Å². The van der Waals surface area contributed by atoms with Crippen LogP contribution in [-0.4, -0.2) is 6.54 Å². The average molecular weight is 336 g/mol. The molecule has 0 aliphatic carbocycles. The maximum absolute atomic E-state index is 3.65. The van der Waals surface area contributed by atoms with E-state index in [-0.39, 0.29) is 0 Å². The highest BCUT2D eigenvalue weighted by Crippen LogP contribution is 2.27. The van der Waals surface area contributed by atoms with Crippen molar-refractivity contribution in [3.63, 3.8) is 0 Å². The minimum atomic E-state index is 0.917. The second kappa shape index (κ2) is 7.73. The van der Waals surface area contributed by atoms with Gasteiger partial charge in [0, 0.05) is 21.7 Å². The third kappa shape index (κ3) is 4.68. The van der Waals surface area contributed by atoms with E-state index in [0.29, 0.717) is 0 Å². The molecule has 0 heterocycles. The number of hydrogen-bond donors (Lipinski definition) is 1. The van der Waals surface area contributed by atoms with Gasteiger partial charge in [0.2, 0.25) is 0 Å². The van der Waals surface area contributed by atoms with E-state index in [1.807, 2.05) is 11.8 Å². The predicted molar refractivity (Wildman–Crippen MR) is 87.5 cm³/mol. The van der Waals surface area contributed by atoms with E-state index in [1.165, 1.54) is 20.5 Å². The Kier molecular flexibility index (Phi) is 5.95. The number of halogens is 1. The van der Waals surface area contributed by atoms with Gasteiger partial charge in [0.05, 0.1) is 0 Å². The van der Waals surface area contributed by atoms with E-state index >= 15 is 0 Å². The minimum absolute atomic E-state index is 0.917. The molecule has 0 radical (unpaired) electrons. The molecule has 100 valence electrons. The highest BCUT2D eigenvalue weighted by atomic mass is 79.9. The number of nitrogens with one attached hydrogen (secondary N) is 1. The quantitative estimate of drug-likeness (QED) is 0.757. The van der Waals surface area contributed by atoms with Crippen molar-refractivity contribution < 1.29 is 0 Å². The fourth-order valence-corrected chi connectivity index (χ4v) is 3.32. The van der Waals surface area contributed by atoms with E-state index in [4.69, 9.17) is 0 Å². The van der Waals surface area contributed by atoms with Crippen molar-refractivity contribution >= 4 is 27.7 Å². The lowest BCUT2D eigenvalue weighted by Gasteiger charge is -2.08. The summed E-state index contributed by atoms with van der Waals surface area (Å²) < 4.78 is 1.19. The number of rotatable bonds is 6. The SMILES string of the molecule is CCNCc1ccc(SCc2ccccc2)cc1Br. The molecule has 2 aromatic rings. The Morgan fingerprint density at radius 1 is 1.11 bits per heavy atom. The minimum Gasteiger partial charge on any atom is -0.313 e. The van der Waals surface area contributed by atoms with Gasteiger partial charge in [-0.05, 0) is 29.8 Å². The first-order valence-electron chi connectivity index (χ1n) is 6.45. The summed E-state index contributed by atoms with van der Waals surface area (Å²) in [5.74, 6) is 1.01. The Balaban J connectivity index is 1.96. The maximum atomic E-state index is 3.65. The van der Waals surface area contributed by atoms with Crippen molar-refractivity contribution in [2.75, 3.05) is 6.54 Å². The topological polar surface area (TPSA) is 12.0 Å². The lowest BCUT2D eigenvalue weighted by atomic mass is 10.2. The predicted octanol–water partition coefficient (Wildman–Crippen LogP) is 4.85. The first-order valence-corrected chi connectivity index (χ1v) is 8.23. The Morgan fingerprint density at radius 3 is 2.58 bits per heavy atom. The fourth-order valence-electron chi connectivity index (χ4n) is 1.76. The molecule has 0 atom stereocenters. The van der Waals surface area contributed by atoms with Crippen LogP contribution in [0.5, 0.6) is 0 Å². The Bertz CT molecular complexity index is 513. The van der Waals surface area contributed by atoms with Crippen LogP contribution in [0, 0.1) is 0 Å². The van der Waals surface area contributed by atoms with Crippen molar-refractivity contribution in [2.45, 2.75) is 24.1 Å². The van der Waals surface area contributed by atoms with Crippen LogP contribution in [0.1, 0.15) is 18.1 Å². The molecule has 0 aliphatic rings. The lowest BCUT2D eigenvalue weighted by Crippen LogP contribution is -2.11. The summed E-state index contributed by atoms with van der Waals surface area (Å²) in [4.78, 5) is 1.30. The van der Waals surface area contributed by atoms with Gasteiger partial charge in [-0.25, -0.2) is 0 Å². The standard InChI is InChI=1S/C16H18BrNS/c1-2-18-11-14-8-9-15(10-16(14)17)19-12-13-6-4-3-5-7-13/h3-10,18H,2,11-12H2,1H3. The van der Waals surface area contributed by atoms with E-state index in [1.54, 1.807) is 0 Å². The molecule has 0 aliphatic heterocycles. The van der Waals surface area contributed by atoms with Crippen molar-refractivity contribution in [2.24, 2.45) is 0 Å². The first kappa shape index (κ1) is 14.6. The molecule has 1 N–H and O–H groups in total. The molecule has 0 unspecified atom stereocenters. The first-order chi connectivity index (χ1) is 9.29. The highest BCUT2D eigenvalue weighted by Gasteiger charge is 2.02. The number of hydrogen-bond acceptors (Lipinski definition) is 2. The molecule has 0 bridgehead atoms. The normalized spacial score (nSPS) is 10.6. The molecular weight excluding hydrogens is 318 g/mol. The molecule has 0 spiro atoms. The van der Waals surface area contributed by atoms with Gasteiger partial charge in [0.1, 0.15) is 0 Å². The molecule has 0 saturated carbocycles. The van der Waals surface area contributed by atoms with Gasteiger partial charge in [-0.2, -0.15) is 0 Å². The van der Waals surface area contributed by atoms with E-state index in [9.17, 15) is 0 Å². The summed E-state index contributed by atoms with van der Waals surface area (Å²) in [6.45, 7) is 4.04. The summed E-state index contributed by atoms with van der Waals surface area (Å²) in [5, 5.41) is 3.35. The summed E-state index contributed by atoms with van der Waals surface area (Å²) in [5.41, 5.74) is 2.67. The molecule has 3 heteroatoms. The van der Waals surface area contributed by atoms with Crippen LogP contribution < -0.4 is 5.32 Å². The van der Waals surface area contributed by atoms with Gasteiger partial charge >= 0.3 is 0 Å². The van der Waals surface area contributed by atoms with Gasteiger partial charge in [-0.3, -0.25) is 0 Å². The zero-order valence-electron chi connectivity index (χ0n) is 11.0. The summed E-state index contributed by atoms with van der Waals surface area (Å²) in [6, 6.07) is 17.2. The van der Waals surface area contributed by atoms with E-state index < -0.39 is 0 Å². The van der Waals surface area contributed by atoms with E-state index in [0.717, 1.165) is 18.8 Å². The Morgan fingerprint density at radius 2 is 1.89 bits per heavy atom. The van der Waals surface area contributed by atoms with Gasteiger partial charge in [-0.15, -0.1) is 11.8 Å². The third-order valence-electron chi connectivity index (χ3n) is 2.84. The van der Waals surface area contributed by atoms with E-state index in [2.05, 4.69) is 76.7 Å². The van der Waals surface area contributed by atoms with Crippen molar-refractivity contribution in [3.8, 4) is 0 Å². The van der Waals surface area contributed by atoms with Crippen molar-refractivity contribution in [1.82, 2.24) is 5.32 Å². The monoisotopic (exact) mass is 335 g/mol. The Labute approximate surface area is 127 Å². The second-order valence-corrected chi connectivity index (χ2v) is 6.21. The van der Waals surface area contributed by atoms with Gasteiger partial charge in [0.15, 0.2) is 0 Å². The summed E-state index contributed by atoms with van der Waals surface area (Å²) in [6.07, 6.45) is 0. The van der Waals surface area contributed by atoms with Crippen LogP contribution >= 0.6 is 27.7 Å². The molecule has 19 heavy (non-hydrogen) atoms. The highest BCUT2D eigenvalue weighted by molar-refractivity contribution is 9.10. The average Bonchev–Trinajstić information content (AvgIpc) is 2.45. The molecule has 0 saturated heterocycles. The lowest BCUT2D eigenvalue weighted by molar-refractivity contribution is 0.724. The van der Waals surface area contributed by atoms with Crippen LogP contribution in [0.4, 0.5) is 0 Å². The van der Waals surface area contributed by atoms with Crippen LogP contribution in [0.3, 0.4) is 0 Å². The molecular formula is C16H18BrNS. The summed E-state index contributed by atoms with van der Waals surface area (Å²) in [7, 11) is 0. The maximum Gasteiger partial charge on any atom is 0.0231 e. The molecule has 1 nitrogen and oxygen atoms in total. The smallest absolute Gasteiger partial charge is 0.0231 e. The molecule has 2 rings (SSSR count). The van der Waals surface area contributed by atoms with Gasteiger partial charge in [-0.1, -0.05) is 59.3 Å². The fraction of sp³-hybridized carbons (Fsp3) is 0.250. The molecule has 0 aromatic heterocycles. The van der Waals surface area contributed by atoms with Crippen molar-refractivity contribution in [3.05, 3.63) is 64.1 Å². The second-order valence-electron chi connectivity index (χ2n) is 4.31. The van der Waals surface area contributed by atoms with Crippen LogP contribution in [0.25, 0.3) is 0 Å². The molecule has 0 fully saturated rings. The van der Waals surface area contributed by atoms with Crippen LogP contribution in [-0.2, 0) is 12.3 Å². The zero-order valence-corrected chi connectivity index (χ0v) is 13.4. The molecule has 2 aromatic carbocycles. The number of benzene rings is 2. The third-order valence-corrected chi connectivity index (χ3v) is 4.64. The van der Waals surface area contributed by atoms with Gasteiger partial charge in [0.25, 0.3) is 0 Å². The largest absolute Gasteiger partial charge is 0.313 e. The Hall–Kier alpha value is -0.770. The van der Waals surface area contributed by atoms with Crippen LogP contribution in [0.2, 0.25) is 0 Å². The van der Waals surface area contributed by atoms with Crippen LogP contribution in [0.15, 0.2) is 57.9 Å². The number of thioether (sulfide) groups is 1.